The molecule has 0 aliphatic rings. The molecule has 8 heteroatoms. The number of benzene rings is 2. The van der Waals surface area contributed by atoms with Crippen molar-refractivity contribution in [1.82, 2.24) is 10.6 Å². The average molecular weight is 416 g/mol. The molecule has 0 bridgehead atoms. The summed E-state index contributed by atoms with van der Waals surface area (Å²) in [5, 5.41) is 19.1. The predicted octanol–water partition coefficient (Wildman–Crippen LogP) is 2.84. The Hall–Kier alpha value is -3.13. The van der Waals surface area contributed by atoms with E-state index in [0.717, 1.165) is 0 Å². The van der Waals surface area contributed by atoms with Gasteiger partial charge in [0.2, 0.25) is 5.91 Å². The number of nitrogens with one attached hydrogen (secondary N) is 3. The molecule has 0 saturated heterocycles. The third-order valence-corrected chi connectivity index (χ3v) is 3.91. The summed E-state index contributed by atoms with van der Waals surface area (Å²) >= 11 is 0. The van der Waals surface area contributed by atoms with Crippen molar-refractivity contribution in [2.45, 2.75) is 33.0 Å². The lowest BCUT2D eigenvalue weighted by atomic mass is 10.1. The zero-order chi connectivity index (χ0) is 21.9. The Balaban J connectivity index is 1.92. The number of carbonyl (C=O) groups is 1. The number of rotatable bonds is 9. The van der Waals surface area contributed by atoms with Crippen LogP contribution >= 0.6 is 0 Å². The first-order valence-corrected chi connectivity index (χ1v) is 9.89. The molecule has 7 nitrogen and oxygen atoms in total. The van der Waals surface area contributed by atoms with Gasteiger partial charge >= 0.3 is 0 Å². The van der Waals surface area contributed by atoms with Crippen LogP contribution in [0.15, 0.2) is 53.5 Å². The molecule has 0 aliphatic carbocycles. The molecule has 2 rings (SSSR count). The van der Waals surface area contributed by atoms with Crippen LogP contribution in [0.5, 0.6) is 5.75 Å². The van der Waals surface area contributed by atoms with Crippen molar-refractivity contribution in [3.05, 3.63) is 59.9 Å². The van der Waals surface area contributed by atoms with Gasteiger partial charge in [-0.15, -0.1) is 0 Å². The second-order valence-electron chi connectivity index (χ2n) is 6.89. The van der Waals surface area contributed by atoms with E-state index in [1.54, 1.807) is 12.1 Å². The second-order valence-corrected chi connectivity index (χ2v) is 6.89. The molecule has 0 aliphatic heterocycles. The summed E-state index contributed by atoms with van der Waals surface area (Å²) in [5.74, 6) is 0.275. The van der Waals surface area contributed by atoms with Gasteiger partial charge < -0.3 is 25.8 Å². The molecule has 162 valence electrons. The first-order valence-electron chi connectivity index (χ1n) is 9.89. The van der Waals surface area contributed by atoms with Crippen LogP contribution < -0.4 is 20.7 Å². The van der Waals surface area contributed by atoms with Crippen molar-refractivity contribution >= 4 is 17.6 Å². The number of halogens is 1. The topological polar surface area (TPSA) is 95.0 Å². The lowest BCUT2D eigenvalue weighted by Gasteiger charge is -2.17. The highest BCUT2D eigenvalue weighted by Gasteiger charge is 2.11. The number of carbonyl (C=O) groups excluding carboxylic acids is 1. The van der Waals surface area contributed by atoms with Gasteiger partial charge in [0.25, 0.3) is 0 Å². The minimum atomic E-state index is -0.786. The van der Waals surface area contributed by atoms with E-state index in [9.17, 15) is 14.3 Å². The summed E-state index contributed by atoms with van der Waals surface area (Å²) in [5.41, 5.74) is 1.08. The zero-order valence-electron chi connectivity index (χ0n) is 17.5. The molecule has 2 aromatic carbocycles. The number of nitrogens with zero attached hydrogens (tertiary/aromatic N) is 1. The summed E-state index contributed by atoms with van der Waals surface area (Å²) in [6.07, 6.45) is -0.743. The molecular formula is C22H29FN4O3. The monoisotopic (exact) mass is 416 g/mol. The van der Waals surface area contributed by atoms with E-state index < -0.39 is 11.9 Å². The molecule has 0 radical (unpaired) electrons. The highest BCUT2D eigenvalue weighted by Crippen LogP contribution is 2.20. The third kappa shape index (κ3) is 8.08. The second kappa shape index (κ2) is 11.8. The number of amides is 1. The fourth-order valence-corrected chi connectivity index (χ4v) is 2.64. The molecule has 30 heavy (non-hydrogen) atoms. The lowest BCUT2D eigenvalue weighted by molar-refractivity contribution is -0.114. The summed E-state index contributed by atoms with van der Waals surface area (Å²) in [4.78, 5) is 16.3. The van der Waals surface area contributed by atoms with E-state index in [0.29, 0.717) is 29.5 Å². The standard InChI is InChI=1S/C22H29FN4O3/c1-4-24-22(26-14-21(29)27-18-9-6-8-17(23)12-18)25-13-20(28)16-7-5-10-19(11-16)30-15(2)3/h5-12,15,20,28H,4,13-14H2,1-3H3,(H,27,29)(H2,24,25,26). The van der Waals surface area contributed by atoms with Crippen molar-refractivity contribution in [3.8, 4) is 5.75 Å². The number of hydrogen-bond donors (Lipinski definition) is 4. The van der Waals surface area contributed by atoms with Gasteiger partial charge in [0.15, 0.2) is 5.96 Å². The number of aliphatic hydroxyl groups is 1. The summed E-state index contributed by atoms with van der Waals surface area (Å²) in [6.45, 7) is 6.41. The van der Waals surface area contributed by atoms with E-state index in [1.165, 1.54) is 18.2 Å². The van der Waals surface area contributed by atoms with Gasteiger partial charge in [0, 0.05) is 18.8 Å². The van der Waals surface area contributed by atoms with Crippen molar-refractivity contribution in [3.63, 3.8) is 0 Å². The lowest BCUT2D eigenvalue weighted by Crippen LogP contribution is -2.40. The molecule has 1 atom stereocenters. The minimum Gasteiger partial charge on any atom is -0.491 e. The molecule has 2 aromatic rings. The molecule has 0 saturated carbocycles. The molecular weight excluding hydrogens is 387 g/mol. The highest BCUT2D eigenvalue weighted by atomic mass is 19.1. The van der Waals surface area contributed by atoms with E-state index in [4.69, 9.17) is 4.74 Å². The van der Waals surface area contributed by atoms with E-state index in [1.807, 2.05) is 39.0 Å². The predicted molar refractivity (Wildman–Crippen MR) is 116 cm³/mol. The fourth-order valence-electron chi connectivity index (χ4n) is 2.64. The average Bonchev–Trinajstić information content (AvgIpc) is 2.69. The van der Waals surface area contributed by atoms with Crippen LogP contribution in [0.2, 0.25) is 0 Å². The van der Waals surface area contributed by atoms with E-state index >= 15 is 0 Å². The first-order chi connectivity index (χ1) is 14.4. The van der Waals surface area contributed by atoms with Crippen LogP contribution in [0.3, 0.4) is 0 Å². The Morgan fingerprint density at radius 2 is 1.93 bits per heavy atom. The van der Waals surface area contributed by atoms with Crippen molar-refractivity contribution in [2.75, 3.05) is 25.0 Å². The number of aliphatic hydroxyl groups excluding tert-OH is 1. The Morgan fingerprint density at radius 1 is 1.17 bits per heavy atom. The van der Waals surface area contributed by atoms with Gasteiger partial charge in [0.05, 0.1) is 12.2 Å². The first kappa shape index (κ1) is 23.2. The Kier molecular flexibility index (Phi) is 9.08. The maximum atomic E-state index is 13.2. The number of guanidine groups is 1. The van der Waals surface area contributed by atoms with Crippen LogP contribution in [0.25, 0.3) is 0 Å². The third-order valence-electron chi connectivity index (χ3n) is 3.91. The van der Waals surface area contributed by atoms with Crippen molar-refractivity contribution in [2.24, 2.45) is 4.99 Å². The van der Waals surface area contributed by atoms with Crippen LogP contribution in [0, 0.1) is 5.82 Å². The molecule has 0 spiro atoms. The van der Waals surface area contributed by atoms with Crippen molar-refractivity contribution in [1.29, 1.82) is 0 Å². The van der Waals surface area contributed by atoms with Gasteiger partial charge in [-0.1, -0.05) is 18.2 Å². The SMILES string of the molecule is CCNC(=NCC(=O)Nc1cccc(F)c1)NCC(O)c1cccc(OC(C)C)c1. The molecule has 4 N–H and O–H groups in total. The number of ether oxygens (including phenoxy) is 1. The summed E-state index contributed by atoms with van der Waals surface area (Å²) < 4.78 is 18.9. The molecule has 0 fully saturated rings. The maximum absolute atomic E-state index is 13.2. The highest BCUT2D eigenvalue weighted by molar-refractivity contribution is 5.94. The van der Waals surface area contributed by atoms with Crippen LogP contribution in [-0.4, -0.2) is 42.7 Å². The van der Waals surface area contributed by atoms with E-state index in [2.05, 4.69) is 20.9 Å². The van der Waals surface area contributed by atoms with E-state index in [-0.39, 0.29) is 25.1 Å². The molecule has 1 unspecified atom stereocenters. The van der Waals surface area contributed by atoms with Crippen LogP contribution in [0.1, 0.15) is 32.4 Å². The Bertz CT molecular complexity index is 858. The van der Waals surface area contributed by atoms with Gasteiger partial charge in [-0.3, -0.25) is 4.79 Å². The molecule has 1 amide bonds. The van der Waals surface area contributed by atoms with Crippen LogP contribution in [0.4, 0.5) is 10.1 Å². The summed E-state index contributed by atoms with van der Waals surface area (Å²) in [7, 11) is 0. The summed E-state index contributed by atoms with van der Waals surface area (Å²) in [6, 6.07) is 12.9. The van der Waals surface area contributed by atoms with Gasteiger partial charge in [0.1, 0.15) is 18.1 Å². The van der Waals surface area contributed by atoms with Gasteiger partial charge in [-0.05, 0) is 56.7 Å². The van der Waals surface area contributed by atoms with Gasteiger partial charge in [-0.2, -0.15) is 0 Å². The van der Waals surface area contributed by atoms with Crippen molar-refractivity contribution < 1.29 is 19.0 Å². The zero-order valence-corrected chi connectivity index (χ0v) is 17.5. The number of hydrogen-bond acceptors (Lipinski definition) is 4. The fraction of sp³-hybridized carbons (Fsp3) is 0.364. The maximum Gasteiger partial charge on any atom is 0.246 e. The number of anilines is 1. The van der Waals surface area contributed by atoms with Crippen LogP contribution in [-0.2, 0) is 4.79 Å². The Morgan fingerprint density at radius 3 is 2.63 bits per heavy atom. The molecule has 0 heterocycles. The van der Waals surface area contributed by atoms with Gasteiger partial charge in [-0.25, -0.2) is 9.38 Å². The minimum absolute atomic E-state index is 0.0431. The smallest absolute Gasteiger partial charge is 0.246 e. The number of aliphatic imine (C=N–C) groups is 1. The largest absolute Gasteiger partial charge is 0.491 e. The normalized spacial score (nSPS) is 12.4. The quantitative estimate of drug-likeness (QED) is 0.373. The molecule has 0 aromatic heterocycles. The Labute approximate surface area is 176 Å².